The van der Waals surface area contributed by atoms with E-state index in [1.165, 1.54) is 0 Å². The van der Waals surface area contributed by atoms with E-state index in [1.54, 1.807) is 10.9 Å². The van der Waals surface area contributed by atoms with Crippen LogP contribution in [-0.4, -0.2) is 9.78 Å². The second-order valence-electron chi connectivity index (χ2n) is 2.90. The van der Waals surface area contributed by atoms with Gasteiger partial charge in [0.2, 0.25) is 0 Å². The Morgan fingerprint density at radius 1 is 1.21 bits per heavy atom. The van der Waals surface area contributed by atoms with Crippen molar-refractivity contribution >= 4 is 23.2 Å². The van der Waals surface area contributed by atoms with Crippen LogP contribution < -0.4 is 0 Å². The van der Waals surface area contributed by atoms with E-state index < -0.39 is 0 Å². The van der Waals surface area contributed by atoms with E-state index in [4.69, 9.17) is 23.2 Å². The molecule has 0 saturated carbocycles. The largest absolute Gasteiger partial charge is 0.241 e. The molecule has 0 unspecified atom stereocenters. The van der Waals surface area contributed by atoms with E-state index in [2.05, 4.69) is 5.10 Å². The topological polar surface area (TPSA) is 17.8 Å². The van der Waals surface area contributed by atoms with Crippen molar-refractivity contribution in [2.24, 2.45) is 0 Å². The highest BCUT2D eigenvalue weighted by Crippen LogP contribution is 2.13. The number of rotatable bonds is 2. The Balaban J connectivity index is 2.34. The van der Waals surface area contributed by atoms with E-state index in [9.17, 15) is 0 Å². The third-order valence-electron chi connectivity index (χ3n) is 1.88. The summed E-state index contributed by atoms with van der Waals surface area (Å²) in [6.07, 6.45) is 3.65. The normalized spacial score (nSPS) is 10.4. The molecule has 4 heteroatoms. The lowest BCUT2D eigenvalue weighted by atomic mass is 10.3. The predicted molar refractivity (Wildman–Crippen MR) is 58.1 cm³/mol. The van der Waals surface area contributed by atoms with Crippen molar-refractivity contribution in [2.75, 3.05) is 0 Å². The average Bonchev–Trinajstić information content (AvgIpc) is 2.67. The zero-order valence-electron chi connectivity index (χ0n) is 7.32. The summed E-state index contributed by atoms with van der Waals surface area (Å²) in [5.74, 6) is 0.480. The second-order valence-corrected chi connectivity index (χ2v) is 3.61. The molecular weight excluding hydrogens is 219 g/mol. The van der Waals surface area contributed by atoms with Crippen molar-refractivity contribution in [1.82, 2.24) is 9.78 Å². The van der Waals surface area contributed by atoms with Gasteiger partial charge in [0.15, 0.2) is 0 Å². The molecule has 0 aliphatic carbocycles. The first kappa shape index (κ1) is 9.56. The lowest BCUT2D eigenvalue weighted by Crippen LogP contribution is -1.92. The molecule has 1 heterocycles. The summed E-state index contributed by atoms with van der Waals surface area (Å²) in [5.41, 5.74) is 1.98. The summed E-state index contributed by atoms with van der Waals surface area (Å²) >= 11 is 11.5. The number of nitrogens with zero attached hydrogens (tertiary/aromatic N) is 2. The van der Waals surface area contributed by atoms with E-state index in [1.807, 2.05) is 30.5 Å². The summed E-state index contributed by atoms with van der Waals surface area (Å²) in [6, 6.07) is 7.48. The van der Waals surface area contributed by atoms with E-state index >= 15 is 0 Å². The van der Waals surface area contributed by atoms with Crippen LogP contribution in [0, 0.1) is 0 Å². The number of alkyl halides is 1. The maximum absolute atomic E-state index is 5.78. The van der Waals surface area contributed by atoms with Crippen LogP contribution in [-0.2, 0) is 5.88 Å². The Hall–Kier alpha value is -0.990. The van der Waals surface area contributed by atoms with Crippen LogP contribution in [0.4, 0.5) is 0 Å². The Labute approximate surface area is 92.1 Å². The van der Waals surface area contributed by atoms with Crippen molar-refractivity contribution in [3.8, 4) is 5.69 Å². The van der Waals surface area contributed by atoms with Gasteiger partial charge in [-0.3, -0.25) is 0 Å². The highest BCUT2D eigenvalue weighted by atomic mass is 35.5. The molecular formula is C10H8Cl2N2. The summed E-state index contributed by atoms with van der Waals surface area (Å²) in [4.78, 5) is 0. The van der Waals surface area contributed by atoms with Gasteiger partial charge >= 0.3 is 0 Å². The third kappa shape index (κ3) is 1.91. The Morgan fingerprint density at radius 2 is 1.93 bits per heavy atom. The maximum atomic E-state index is 5.78. The van der Waals surface area contributed by atoms with Crippen LogP contribution in [0.25, 0.3) is 5.69 Å². The van der Waals surface area contributed by atoms with Gasteiger partial charge in [0.05, 0.1) is 17.8 Å². The van der Waals surface area contributed by atoms with Crippen molar-refractivity contribution < 1.29 is 0 Å². The molecule has 2 nitrogen and oxygen atoms in total. The molecule has 1 aromatic heterocycles. The van der Waals surface area contributed by atoms with E-state index in [-0.39, 0.29) is 0 Å². The summed E-state index contributed by atoms with van der Waals surface area (Å²) in [7, 11) is 0. The number of aromatic nitrogens is 2. The van der Waals surface area contributed by atoms with Crippen molar-refractivity contribution in [1.29, 1.82) is 0 Å². The number of hydrogen-bond donors (Lipinski definition) is 0. The Morgan fingerprint density at radius 3 is 2.50 bits per heavy atom. The van der Waals surface area contributed by atoms with Crippen molar-refractivity contribution in [2.45, 2.75) is 5.88 Å². The molecule has 2 aromatic rings. The molecule has 0 saturated heterocycles. The van der Waals surface area contributed by atoms with Crippen LogP contribution in [0.2, 0.25) is 5.02 Å². The van der Waals surface area contributed by atoms with Gasteiger partial charge in [-0.25, -0.2) is 4.68 Å². The zero-order valence-corrected chi connectivity index (χ0v) is 8.83. The lowest BCUT2D eigenvalue weighted by molar-refractivity contribution is 0.880. The molecule has 0 spiro atoms. The Kier molecular flexibility index (Phi) is 2.75. The van der Waals surface area contributed by atoms with Crippen LogP contribution in [0.1, 0.15) is 5.56 Å². The first-order valence-electron chi connectivity index (χ1n) is 4.15. The highest BCUT2D eigenvalue weighted by molar-refractivity contribution is 6.30. The fraction of sp³-hybridized carbons (Fsp3) is 0.100. The molecule has 0 fully saturated rings. The zero-order chi connectivity index (χ0) is 9.97. The Bertz CT molecular complexity index is 420. The molecule has 0 atom stereocenters. The molecule has 0 bridgehead atoms. The van der Waals surface area contributed by atoms with Gasteiger partial charge in [-0.15, -0.1) is 11.6 Å². The average molecular weight is 227 g/mol. The smallest absolute Gasteiger partial charge is 0.0646 e. The van der Waals surface area contributed by atoms with Gasteiger partial charge in [0, 0.05) is 16.8 Å². The SMILES string of the molecule is ClCc1cnn(-c2ccc(Cl)cc2)c1. The number of hydrogen-bond acceptors (Lipinski definition) is 1. The van der Waals surface area contributed by atoms with Gasteiger partial charge in [-0.1, -0.05) is 11.6 Å². The van der Waals surface area contributed by atoms with E-state index in [0.717, 1.165) is 16.3 Å². The predicted octanol–water partition coefficient (Wildman–Crippen LogP) is 3.26. The molecule has 1 aromatic carbocycles. The molecule has 0 amide bonds. The first-order valence-corrected chi connectivity index (χ1v) is 5.06. The van der Waals surface area contributed by atoms with Crippen LogP contribution in [0.5, 0.6) is 0 Å². The maximum Gasteiger partial charge on any atom is 0.0646 e. The minimum atomic E-state index is 0.480. The minimum Gasteiger partial charge on any atom is -0.241 e. The summed E-state index contributed by atoms with van der Waals surface area (Å²) in [5, 5.41) is 4.90. The molecule has 0 aliphatic rings. The van der Waals surface area contributed by atoms with Gasteiger partial charge < -0.3 is 0 Å². The van der Waals surface area contributed by atoms with Crippen LogP contribution in [0.3, 0.4) is 0 Å². The molecule has 0 aliphatic heterocycles. The molecule has 14 heavy (non-hydrogen) atoms. The first-order chi connectivity index (χ1) is 6.79. The van der Waals surface area contributed by atoms with Gasteiger partial charge in [-0.05, 0) is 24.3 Å². The van der Waals surface area contributed by atoms with Gasteiger partial charge in [-0.2, -0.15) is 5.10 Å². The fourth-order valence-corrected chi connectivity index (χ4v) is 1.43. The van der Waals surface area contributed by atoms with Crippen LogP contribution in [0.15, 0.2) is 36.7 Å². The van der Waals surface area contributed by atoms with Crippen molar-refractivity contribution in [3.05, 3.63) is 47.2 Å². The van der Waals surface area contributed by atoms with E-state index in [0.29, 0.717) is 5.88 Å². The van der Waals surface area contributed by atoms with Crippen molar-refractivity contribution in [3.63, 3.8) is 0 Å². The van der Waals surface area contributed by atoms with Gasteiger partial charge in [0.25, 0.3) is 0 Å². The fourth-order valence-electron chi connectivity index (χ4n) is 1.16. The number of benzene rings is 1. The quantitative estimate of drug-likeness (QED) is 0.720. The number of halogens is 2. The summed E-state index contributed by atoms with van der Waals surface area (Å²) < 4.78 is 1.77. The van der Waals surface area contributed by atoms with Gasteiger partial charge in [0.1, 0.15) is 0 Å². The lowest BCUT2D eigenvalue weighted by Gasteiger charge is -1.99. The standard InChI is InChI=1S/C10H8Cl2N2/c11-5-8-6-13-14(7-8)10-3-1-9(12)2-4-10/h1-4,6-7H,5H2. The molecule has 2 rings (SSSR count). The summed E-state index contributed by atoms with van der Waals surface area (Å²) in [6.45, 7) is 0. The third-order valence-corrected chi connectivity index (χ3v) is 2.44. The molecule has 72 valence electrons. The molecule has 0 N–H and O–H groups in total. The minimum absolute atomic E-state index is 0.480. The second kappa shape index (κ2) is 4.03. The molecule has 0 radical (unpaired) electrons. The highest BCUT2D eigenvalue weighted by Gasteiger charge is 1.99. The van der Waals surface area contributed by atoms with Crippen LogP contribution >= 0.6 is 23.2 Å². The monoisotopic (exact) mass is 226 g/mol.